The largest absolute Gasteiger partial charge is 0.492 e. The molecule has 1 saturated heterocycles. The van der Waals surface area contributed by atoms with E-state index in [0.29, 0.717) is 41.5 Å². The van der Waals surface area contributed by atoms with E-state index in [2.05, 4.69) is 31.3 Å². The number of hydrogen-bond acceptors (Lipinski definition) is 12. The van der Waals surface area contributed by atoms with Crippen molar-refractivity contribution >= 4 is 51.1 Å². The molecule has 0 bridgehead atoms. The van der Waals surface area contributed by atoms with Crippen LogP contribution in [0.2, 0.25) is 5.02 Å². The van der Waals surface area contributed by atoms with Gasteiger partial charge >= 0.3 is 5.97 Å². The van der Waals surface area contributed by atoms with Crippen molar-refractivity contribution in [3.8, 4) is 16.9 Å². The van der Waals surface area contributed by atoms with E-state index in [1.807, 2.05) is 11.8 Å². The number of hydrogen-bond donors (Lipinski definition) is 5. The van der Waals surface area contributed by atoms with Crippen molar-refractivity contribution in [2.24, 2.45) is 11.0 Å². The van der Waals surface area contributed by atoms with Crippen LogP contribution in [0.3, 0.4) is 0 Å². The minimum Gasteiger partial charge on any atom is -0.492 e. The van der Waals surface area contributed by atoms with Crippen LogP contribution in [0.5, 0.6) is 5.75 Å². The Labute approximate surface area is 351 Å². The molecule has 3 amide bonds. The van der Waals surface area contributed by atoms with Crippen LogP contribution in [0.1, 0.15) is 31.9 Å². The Morgan fingerprint density at radius 3 is 2.55 bits per heavy atom. The second-order valence-corrected chi connectivity index (χ2v) is 15.9. The number of nitrogens with zero attached hydrogens (tertiary/aromatic N) is 4. The molecule has 1 heterocycles. The molecule has 21 heteroatoms. The molecule has 1 aliphatic rings. The lowest BCUT2D eigenvalue weighted by molar-refractivity contribution is -0.152. The van der Waals surface area contributed by atoms with Crippen molar-refractivity contribution in [1.82, 2.24) is 20.9 Å². The van der Waals surface area contributed by atoms with Crippen molar-refractivity contribution in [1.29, 1.82) is 0 Å². The summed E-state index contributed by atoms with van der Waals surface area (Å²) in [6.45, 7) is 7.46. The maximum atomic E-state index is 13.9. The lowest BCUT2D eigenvalue weighted by atomic mass is 10.00. The van der Waals surface area contributed by atoms with Crippen molar-refractivity contribution < 1.29 is 50.7 Å². The third kappa shape index (κ3) is 13.9. The van der Waals surface area contributed by atoms with Crippen LogP contribution in [0.4, 0.5) is 10.1 Å². The number of carbonyl (C=O) groups is 4. The van der Waals surface area contributed by atoms with Crippen LogP contribution in [-0.2, 0) is 45.4 Å². The summed E-state index contributed by atoms with van der Waals surface area (Å²) in [5, 5.41) is 14.4. The van der Waals surface area contributed by atoms with Gasteiger partial charge in [-0.25, -0.2) is 4.39 Å². The van der Waals surface area contributed by atoms with E-state index < -0.39 is 70.0 Å². The Morgan fingerprint density at radius 2 is 1.85 bits per heavy atom. The van der Waals surface area contributed by atoms with E-state index in [0.717, 1.165) is 11.6 Å². The topological polar surface area (TPSA) is 250 Å². The second kappa shape index (κ2) is 22.3. The first-order valence-electron chi connectivity index (χ1n) is 18.9. The van der Waals surface area contributed by atoms with Crippen molar-refractivity contribution in [3.05, 3.63) is 87.0 Å². The molecular weight excluding hydrogens is 827 g/mol. The number of azide groups is 1. The van der Waals surface area contributed by atoms with Crippen molar-refractivity contribution in [3.63, 3.8) is 0 Å². The van der Waals surface area contributed by atoms with Gasteiger partial charge in [-0.05, 0) is 78.4 Å². The number of esters is 1. The standard InChI is InChI=1S/C39H48ClFN8O10S/c1-23(2)36(47-35(50)22-57-14-11-44-48-42)38(52)45-25(4)37(51)46-29-9-8-27(34(17-29)60(54,55)56)21-59-39(53)33-20-43-10-12-49(33)13-15-58-30-18-31(24(3)32(40)19-30)26-6-5-7-28(41)16-26/h5-9,16-19,23,25,33,36,43H,10-15,20-22H2,1-4H3,(H,45,52)(H,46,51)(H,47,50)(H,54,55,56)/t25-,33?,36-/m0/s1. The van der Waals surface area contributed by atoms with Crippen LogP contribution < -0.4 is 26.0 Å². The molecule has 60 heavy (non-hydrogen) atoms. The summed E-state index contributed by atoms with van der Waals surface area (Å²) in [4.78, 5) is 55.5. The maximum absolute atomic E-state index is 13.9. The number of piperazine rings is 1. The average molecular weight is 875 g/mol. The number of rotatable bonds is 20. The van der Waals surface area contributed by atoms with Crippen molar-refractivity contribution in [2.45, 2.75) is 57.3 Å². The predicted molar refractivity (Wildman–Crippen MR) is 219 cm³/mol. The van der Waals surface area contributed by atoms with Crippen LogP contribution in [0.25, 0.3) is 21.6 Å². The molecule has 3 aromatic rings. The molecule has 0 saturated carbocycles. The van der Waals surface area contributed by atoms with Gasteiger partial charge in [0.2, 0.25) is 17.7 Å². The lowest BCUT2D eigenvalue weighted by Crippen LogP contribution is -2.56. The molecule has 0 spiro atoms. The van der Waals surface area contributed by atoms with E-state index in [4.69, 9.17) is 31.3 Å². The van der Waals surface area contributed by atoms with Gasteiger partial charge in [0.1, 0.15) is 54.4 Å². The molecule has 18 nitrogen and oxygen atoms in total. The highest BCUT2D eigenvalue weighted by Gasteiger charge is 2.31. The molecule has 0 radical (unpaired) electrons. The summed E-state index contributed by atoms with van der Waals surface area (Å²) in [7, 11) is -4.88. The molecule has 3 aromatic carbocycles. The highest BCUT2D eigenvalue weighted by molar-refractivity contribution is 7.85. The van der Waals surface area contributed by atoms with Gasteiger partial charge in [-0.15, -0.1) is 0 Å². The quantitative estimate of drug-likeness (QED) is 0.0270. The molecule has 0 aromatic heterocycles. The van der Waals surface area contributed by atoms with Gasteiger partial charge in [-0.3, -0.25) is 28.6 Å². The fraction of sp³-hybridized carbons (Fsp3) is 0.436. The van der Waals surface area contributed by atoms with E-state index in [1.165, 1.54) is 31.2 Å². The van der Waals surface area contributed by atoms with Crippen LogP contribution in [-0.4, -0.2) is 112 Å². The maximum Gasteiger partial charge on any atom is 0.325 e. The van der Waals surface area contributed by atoms with Gasteiger partial charge < -0.3 is 35.5 Å². The summed E-state index contributed by atoms with van der Waals surface area (Å²) in [5.74, 6) is -2.99. The SMILES string of the molecule is Cc1c(Cl)cc(OCCN2CCNCC2C(=O)OCc2ccc(NC(=O)[C@H](C)NC(=O)[C@@H](NC(=O)COCCN=[N+]=[N-])C(C)C)cc2S(=O)(=O)O)cc1-c1cccc(F)c1. The first kappa shape index (κ1) is 47.3. The highest BCUT2D eigenvalue weighted by atomic mass is 35.5. The molecule has 1 fully saturated rings. The monoisotopic (exact) mass is 874 g/mol. The minimum absolute atomic E-state index is 0.00270. The lowest BCUT2D eigenvalue weighted by Gasteiger charge is -2.34. The summed E-state index contributed by atoms with van der Waals surface area (Å²) in [6.07, 6.45) is 0. The van der Waals surface area contributed by atoms with Gasteiger partial charge in [-0.2, -0.15) is 8.42 Å². The highest BCUT2D eigenvalue weighted by Crippen LogP contribution is 2.33. The zero-order valence-corrected chi connectivity index (χ0v) is 35.0. The van der Waals surface area contributed by atoms with E-state index in [1.54, 1.807) is 38.1 Å². The van der Waals surface area contributed by atoms with E-state index >= 15 is 0 Å². The van der Waals surface area contributed by atoms with E-state index in [9.17, 15) is 36.5 Å². The molecule has 5 N–H and O–H groups in total. The smallest absolute Gasteiger partial charge is 0.325 e. The Balaban J connectivity index is 1.34. The third-order valence-electron chi connectivity index (χ3n) is 9.36. The van der Waals surface area contributed by atoms with Crippen LogP contribution in [0.15, 0.2) is 64.6 Å². The number of amides is 3. The third-order valence-corrected chi connectivity index (χ3v) is 10.7. The van der Waals surface area contributed by atoms with Gasteiger partial charge in [-0.1, -0.05) is 48.8 Å². The fourth-order valence-electron chi connectivity index (χ4n) is 6.14. The molecule has 324 valence electrons. The number of halogens is 2. The minimum atomic E-state index is -4.88. The number of nitrogens with one attached hydrogen (secondary N) is 4. The Kier molecular flexibility index (Phi) is 17.6. The van der Waals surface area contributed by atoms with Crippen LogP contribution >= 0.6 is 11.6 Å². The average Bonchev–Trinajstić information content (AvgIpc) is 3.20. The zero-order chi connectivity index (χ0) is 44.0. The predicted octanol–water partition coefficient (Wildman–Crippen LogP) is 4.01. The normalized spacial score (nSPS) is 15.3. The Bertz CT molecular complexity index is 2190. The molecular formula is C39H48ClFN8O10S. The van der Waals surface area contributed by atoms with Gasteiger partial charge in [0.25, 0.3) is 10.1 Å². The Hall–Kier alpha value is -5.34. The first-order valence-corrected chi connectivity index (χ1v) is 20.7. The molecule has 1 unspecified atom stereocenters. The fourth-order valence-corrected chi connectivity index (χ4v) is 7.08. The number of benzene rings is 3. The summed E-state index contributed by atoms with van der Waals surface area (Å²) in [5.41, 5.74) is 10.3. The van der Waals surface area contributed by atoms with Gasteiger partial charge in [0.15, 0.2) is 0 Å². The number of ether oxygens (including phenoxy) is 3. The second-order valence-electron chi connectivity index (χ2n) is 14.1. The molecule has 1 aliphatic heterocycles. The van der Waals surface area contributed by atoms with E-state index in [-0.39, 0.29) is 49.3 Å². The van der Waals surface area contributed by atoms with Gasteiger partial charge in [0.05, 0.1) is 6.61 Å². The van der Waals surface area contributed by atoms with Crippen molar-refractivity contribution in [2.75, 3.05) is 57.9 Å². The molecule has 4 rings (SSSR count). The molecule has 0 aliphatic carbocycles. The van der Waals surface area contributed by atoms with Crippen LogP contribution in [0, 0.1) is 18.7 Å². The summed E-state index contributed by atoms with van der Waals surface area (Å²) >= 11 is 6.48. The van der Waals surface area contributed by atoms with Gasteiger partial charge in [0, 0.05) is 53.9 Å². The Morgan fingerprint density at radius 1 is 1.08 bits per heavy atom. The summed E-state index contributed by atoms with van der Waals surface area (Å²) < 4.78 is 65.5. The first-order chi connectivity index (χ1) is 28.5. The molecule has 3 atom stereocenters. The summed E-state index contributed by atoms with van der Waals surface area (Å²) in [6, 6.07) is 10.2. The number of carbonyl (C=O) groups excluding carboxylic acids is 4. The number of anilines is 1. The zero-order valence-electron chi connectivity index (χ0n) is 33.4.